The van der Waals surface area contributed by atoms with E-state index in [9.17, 15) is 9.18 Å². The number of carbonyl (C=O) groups excluding carboxylic acids is 1. The molecule has 3 rings (SSSR count). The summed E-state index contributed by atoms with van der Waals surface area (Å²) in [6.07, 6.45) is 0. The number of thiazole rings is 1. The van der Waals surface area contributed by atoms with E-state index in [1.165, 1.54) is 35.2 Å². The Hall–Kier alpha value is -2.18. The maximum atomic E-state index is 13.0. The smallest absolute Gasteiger partial charge is 0.233 e. The molecule has 0 radical (unpaired) electrons. The third kappa shape index (κ3) is 4.71. The fraction of sp³-hybridized carbons (Fsp3) is 0.200. The summed E-state index contributed by atoms with van der Waals surface area (Å²) < 4.78 is 13.9. The van der Waals surface area contributed by atoms with Gasteiger partial charge < -0.3 is 5.32 Å². The summed E-state index contributed by atoms with van der Waals surface area (Å²) in [5.74, 6) is -0.350. The molecule has 0 aliphatic rings. The van der Waals surface area contributed by atoms with Crippen molar-refractivity contribution in [1.29, 1.82) is 0 Å². The van der Waals surface area contributed by atoms with Crippen LogP contribution in [0.25, 0.3) is 11.3 Å². The molecule has 26 heavy (non-hydrogen) atoms. The molecule has 0 saturated carbocycles. The van der Waals surface area contributed by atoms with Crippen molar-refractivity contribution in [2.24, 2.45) is 0 Å². The van der Waals surface area contributed by atoms with Crippen LogP contribution in [0.2, 0.25) is 0 Å². The summed E-state index contributed by atoms with van der Waals surface area (Å²) in [6.45, 7) is 3.75. The molecule has 0 fully saturated rings. The van der Waals surface area contributed by atoms with E-state index in [2.05, 4.69) is 10.3 Å². The molecular formula is C20H19FN2OS2. The molecule has 1 N–H and O–H groups in total. The van der Waals surface area contributed by atoms with E-state index in [1.807, 2.05) is 49.6 Å². The molecule has 1 amide bonds. The molecule has 6 heteroatoms. The molecule has 3 aromatic rings. The van der Waals surface area contributed by atoms with Crippen LogP contribution in [0.15, 0.2) is 64.3 Å². The number of nitrogens with one attached hydrogen (secondary N) is 1. The highest BCUT2D eigenvalue weighted by Crippen LogP contribution is 2.31. The highest BCUT2D eigenvalue weighted by Gasteiger charge is 2.19. The molecule has 1 aromatic heterocycles. The summed E-state index contributed by atoms with van der Waals surface area (Å²) in [5, 5.41) is 4.70. The standard InChI is InChI=1S/C20H19FN2OS2/c1-13(15-8-10-17(21)11-9-15)22-19(24)14(2)26-20-23-18(12-25-20)16-6-4-3-5-7-16/h3-14H,1-2H3,(H,22,24). The van der Waals surface area contributed by atoms with Gasteiger partial charge in [-0.15, -0.1) is 11.3 Å². The number of amides is 1. The monoisotopic (exact) mass is 386 g/mol. The van der Waals surface area contributed by atoms with Crippen molar-refractivity contribution in [2.45, 2.75) is 29.5 Å². The summed E-state index contributed by atoms with van der Waals surface area (Å²) in [6, 6.07) is 16.0. The second kappa shape index (κ2) is 8.47. The zero-order chi connectivity index (χ0) is 18.5. The van der Waals surface area contributed by atoms with Crippen molar-refractivity contribution < 1.29 is 9.18 Å². The fourth-order valence-corrected chi connectivity index (χ4v) is 4.40. The minimum absolute atomic E-state index is 0.0664. The predicted octanol–water partition coefficient (Wildman–Crippen LogP) is 5.31. The first-order chi connectivity index (χ1) is 12.5. The lowest BCUT2D eigenvalue weighted by Gasteiger charge is -2.17. The van der Waals surface area contributed by atoms with Crippen LogP contribution in [-0.4, -0.2) is 16.1 Å². The summed E-state index contributed by atoms with van der Waals surface area (Å²) in [7, 11) is 0. The Bertz CT molecular complexity index is 865. The van der Waals surface area contributed by atoms with Crippen LogP contribution in [0.4, 0.5) is 4.39 Å². The minimum atomic E-state index is -0.283. The van der Waals surface area contributed by atoms with Gasteiger partial charge >= 0.3 is 0 Å². The van der Waals surface area contributed by atoms with Gasteiger partial charge in [-0.3, -0.25) is 4.79 Å². The maximum absolute atomic E-state index is 13.0. The van der Waals surface area contributed by atoms with E-state index in [0.717, 1.165) is 21.2 Å². The zero-order valence-corrected chi connectivity index (χ0v) is 16.1. The van der Waals surface area contributed by atoms with Crippen LogP contribution in [-0.2, 0) is 4.79 Å². The van der Waals surface area contributed by atoms with Gasteiger partial charge in [-0.05, 0) is 31.5 Å². The van der Waals surface area contributed by atoms with Crippen molar-refractivity contribution in [3.8, 4) is 11.3 Å². The van der Waals surface area contributed by atoms with E-state index >= 15 is 0 Å². The molecule has 134 valence electrons. The van der Waals surface area contributed by atoms with Crippen LogP contribution in [0.3, 0.4) is 0 Å². The lowest BCUT2D eigenvalue weighted by Crippen LogP contribution is -2.33. The van der Waals surface area contributed by atoms with E-state index in [-0.39, 0.29) is 23.0 Å². The van der Waals surface area contributed by atoms with E-state index in [4.69, 9.17) is 0 Å². The number of thioether (sulfide) groups is 1. The number of hydrogen-bond donors (Lipinski definition) is 1. The first-order valence-corrected chi connectivity index (χ1v) is 10.0. The van der Waals surface area contributed by atoms with Gasteiger partial charge in [0, 0.05) is 10.9 Å². The second-order valence-corrected chi connectivity index (χ2v) is 8.35. The van der Waals surface area contributed by atoms with Gasteiger partial charge in [0.1, 0.15) is 5.82 Å². The third-order valence-electron chi connectivity index (χ3n) is 3.93. The predicted molar refractivity (Wildman–Crippen MR) is 106 cm³/mol. The highest BCUT2D eigenvalue weighted by atomic mass is 32.2. The Balaban J connectivity index is 1.59. The van der Waals surface area contributed by atoms with Gasteiger partial charge in [0.25, 0.3) is 0 Å². The molecule has 3 nitrogen and oxygen atoms in total. The number of carbonyl (C=O) groups is 1. The average Bonchev–Trinajstić information content (AvgIpc) is 3.11. The van der Waals surface area contributed by atoms with Crippen molar-refractivity contribution in [2.75, 3.05) is 0 Å². The van der Waals surface area contributed by atoms with Crippen molar-refractivity contribution in [1.82, 2.24) is 10.3 Å². The van der Waals surface area contributed by atoms with Gasteiger partial charge in [-0.2, -0.15) is 0 Å². The number of rotatable bonds is 6. The lowest BCUT2D eigenvalue weighted by molar-refractivity contribution is -0.120. The number of aromatic nitrogens is 1. The Morgan fingerprint density at radius 2 is 1.81 bits per heavy atom. The third-order valence-corrected chi connectivity index (χ3v) is 6.00. The summed E-state index contributed by atoms with van der Waals surface area (Å²) in [4.78, 5) is 17.1. The van der Waals surface area contributed by atoms with Crippen LogP contribution in [0, 0.1) is 5.82 Å². The normalized spacial score (nSPS) is 13.2. The van der Waals surface area contributed by atoms with Gasteiger partial charge in [-0.25, -0.2) is 9.37 Å². The molecule has 0 spiro atoms. The van der Waals surface area contributed by atoms with Gasteiger partial charge in [0.15, 0.2) is 4.34 Å². The maximum Gasteiger partial charge on any atom is 0.233 e. The molecule has 2 aromatic carbocycles. The molecule has 0 bridgehead atoms. The zero-order valence-electron chi connectivity index (χ0n) is 14.5. The van der Waals surface area contributed by atoms with Gasteiger partial charge in [0.05, 0.1) is 17.0 Å². The Morgan fingerprint density at radius 1 is 1.12 bits per heavy atom. The van der Waals surface area contributed by atoms with E-state index in [1.54, 1.807) is 12.1 Å². The molecule has 2 atom stereocenters. The molecule has 0 aliphatic heterocycles. The largest absolute Gasteiger partial charge is 0.349 e. The van der Waals surface area contributed by atoms with Crippen LogP contribution in [0.1, 0.15) is 25.5 Å². The summed E-state index contributed by atoms with van der Waals surface area (Å²) in [5.41, 5.74) is 2.86. The Kier molecular flexibility index (Phi) is 6.06. The molecule has 0 aliphatic carbocycles. The van der Waals surface area contributed by atoms with Crippen LogP contribution in [0.5, 0.6) is 0 Å². The van der Waals surface area contributed by atoms with Crippen LogP contribution < -0.4 is 5.32 Å². The molecule has 2 unspecified atom stereocenters. The average molecular weight is 387 g/mol. The minimum Gasteiger partial charge on any atom is -0.349 e. The topological polar surface area (TPSA) is 42.0 Å². The lowest BCUT2D eigenvalue weighted by atomic mass is 10.1. The molecule has 0 saturated heterocycles. The Labute approximate surface area is 160 Å². The van der Waals surface area contributed by atoms with E-state index < -0.39 is 0 Å². The Morgan fingerprint density at radius 3 is 2.50 bits per heavy atom. The molecule has 1 heterocycles. The summed E-state index contributed by atoms with van der Waals surface area (Å²) >= 11 is 2.98. The van der Waals surface area contributed by atoms with Crippen molar-refractivity contribution in [3.63, 3.8) is 0 Å². The molecular weight excluding hydrogens is 367 g/mol. The van der Waals surface area contributed by atoms with E-state index in [0.29, 0.717) is 0 Å². The second-order valence-electron chi connectivity index (χ2n) is 5.91. The van der Waals surface area contributed by atoms with Crippen LogP contribution >= 0.6 is 23.1 Å². The van der Waals surface area contributed by atoms with Crippen molar-refractivity contribution in [3.05, 3.63) is 71.4 Å². The SMILES string of the molecule is CC(Sc1nc(-c2ccccc2)cs1)C(=O)NC(C)c1ccc(F)cc1. The van der Waals surface area contributed by atoms with Gasteiger partial charge in [0.2, 0.25) is 5.91 Å². The number of halogens is 1. The quantitative estimate of drug-likeness (QED) is 0.584. The first-order valence-electron chi connectivity index (χ1n) is 8.26. The first kappa shape index (κ1) is 18.6. The number of hydrogen-bond acceptors (Lipinski definition) is 4. The van der Waals surface area contributed by atoms with Gasteiger partial charge in [-0.1, -0.05) is 54.2 Å². The highest BCUT2D eigenvalue weighted by molar-refractivity contribution is 8.02. The number of nitrogens with zero attached hydrogens (tertiary/aromatic N) is 1. The number of benzene rings is 2. The fourth-order valence-electron chi connectivity index (χ4n) is 2.42. The van der Waals surface area contributed by atoms with Crippen molar-refractivity contribution >= 4 is 29.0 Å².